The average molecular weight is 348 g/mol. The van der Waals surface area contributed by atoms with Crippen molar-refractivity contribution in [2.45, 2.75) is 45.6 Å². The van der Waals surface area contributed by atoms with Gasteiger partial charge in [-0.2, -0.15) is 5.10 Å². The second kappa shape index (κ2) is 6.44. The average Bonchev–Trinajstić information content (AvgIpc) is 3.04. The molecule has 0 unspecified atom stereocenters. The van der Waals surface area contributed by atoms with Gasteiger partial charge in [-0.1, -0.05) is 20.8 Å². The Kier molecular flexibility index (Phi) is 4.62. The van der Waals surface area contributed by atoms with Gasteiger partial charge in [0, 0.05) is 31.7 Å². The van der Waals surface area contributed by atoms with Crippen LogP contribution in [0.3, 0.4) is 0 Å². The molecule has 138 valence electrons. The van der Waals surface area contributed by atoms with E-state index in [2.05, 4.69) is 5.10 Å². The molecule has 2 aliphatic heterocycles. The van der Waals surface area contributed by atoms with Crippen LogP contribution >= 0.6 is 0 Å². The highest BCUT2D eigenvalue weighted by Crippen LogP contribution is 2.41. The molecule has 0 saturated carbocycles. The number of carbonyl (C=O) groups is 2. The summed E-state index contributed by atoms with van der Waals surface area (Å²) >= 11 is 0. The molecule has 1 fully saturated rings. The molecule has 0 aromatic carbocycles. The zero-order valence-corrected chi connectivity index (χ0v) is 15.6. The van der Waals surface area contributed by atoms with Crippen LogP contribution in [0.15, 0.2) is 12.3 Å². The quantitative estimate of drug-likeness (QED) is 0.833. The minimum atomic E-state index is -0.374. The monoisotopic (exact) mass is 348 g/mol. The van der Waals surface area contributed by atoms with Gasteiger partial charge in [-0.3, -0.25) is 14.5 Å². The van der Waals surface area contributed by atoms with E-state index in [0.29, 0.717) is 32.7 Å². The Balaban J connectivity index is 1.80. The zero-order valence-electron chi connectivity index (χ0n) is 15.6. The first-order valence-corrected chi connectivity index (χ1v) is 8.92. The van der Waals surface area contributed by atoms with Crippen molar-refractivity contribution < 1.29 is 14.3 Å². The highest BCUT2D eigenvalue weighted by atomic mass is 16.5. The molecule has 3 heterocycles. The third-order valence-electron chi connectivity index (χ3n) is 5.27. The maximum Gasteiger partial charge on any atom is 0.230 e. The van der Waals surface area contributed by atoms with E-state index in [1.165, 1.54) is 0 Å². The number of methoxy groups -OCH3 is 1. The van der Waals surface area contributed by atoms with Gasteiger partial charge in [0.2, 0.25) is 11.8 Å². The van der Waals surface area contributed by atoms with Gasteiger partial charge in [-0.15, -0.1) is 0 Å². The number of likely N-dealkylation sites (tertiary alicyclic amines) is 1. The first-order valence-electron chi connectivity index (χ1n) is 8.92. The van der Waals surface area contributed by atoms with Gasteiger partial charge in [0.15, 0.2) is 0 Å². The van der Waals surface area contributed by atoms with Crippen LogP contribution in [0.2, 0.25) is 0 Å². The number of hydrogen-bond donors (Lipinski definition) is 0. The second-order valence-corrected chi connectivity index (χ2v) is 8.08. The molecule has 2 aliphatic rings. The first kappa shape index (κ1) is 17.9. The summed E-state index contributed by atoms with van der Waals surface area (Å²) < 4.78 is 7.13. The SMILES string of the molecule is COCCN1C(=O)CC2(CCN(C(=O)C(C)(C)C)CC2)n2nccc21. The summed E-state index contributed by atoms with van der Waals surface area (Å²) in [5.41, 5.74) is -0.686. The summed E-state index contributed by atoms with van der Waals surface area (Å²) in [6.07, 6.45) is 3.70. The normalized spacial score (nSPS) is 20.1. The molecule has 1 saturated heterocycles. The number of ether oxygens (including phenoxy) is 1. The van der Waals surface area contributed by atoms with Crippen molar-refractivity contribution in [3.63, 3.8) is 0 Å². The molecule has 25 heavy (non-hydrogen) atoms. The predicted octanol–water partition coefficient (Wildman–Crippen LogP) is 1.63. The van der Waals surface area contributed by atoms with Gasteiger partial charge >= 0.3 is 0 Å². The number of aromatic nitrogens is 2. The van der Waals surface area contributed by atoms with Gasteiger partial charge in [0.25, 0.3) is 0 Å². The predicted molar refractivity (Wildman–Crippen MR) is 94.3 cm³/mol. The largest absolute Gasteiger partial charge is 0.383 e. The maximum absolute atomic E-state index is 12.8. The van der Waals surface area contributed by atoms with Crippen LogP contribution in [0.4, 0.5) is 5.82 Å². The molecular formula is C18H28N4O3. The van der Waals surface area contributed by atoms with Gasteiger partial charge in [0.05, 0.1) is 31.3 Å². The van der Waals surface area contributed by atoms with Crippen molar-refractivity contribution in [2.24, 2.45) is 5.41 Å². The van der Waals surface area contributed by atoms with Crippen LogP contribution in [0.5, 0.6) is 0 Å². The number of carbonyl (C=O) groups excluding carboxylic acids is 2. The van der Waals surface area contributed by atoms with Crippen molar-refractivity contribution in [3.8, 4) is 0 Å². The van der Waals surface area contributed by atoms with Crippen molar-refractivity contribution in [2.75, 3.05) is 38.3 Å². The molecular weight excluding hydrogens is 320 g/mol. The molecule has 1 aromatic rings. The molecule has 1 aromatic heterocycles. The smallest absolute Gasteiger partial charge is 0.230 e. The number of rotatable bonds is 3. The lowest BCUT2D eigenvalue weighted by Crippen LogP contribution is -2.56. The summed E-state index contributed by atoms with van der Waals surface area (Å²) in [5.74, 6) is 1.12. The summed E-state index contributed by atoms with van der Waals surface area (Å²) in [5, 5.41) is 4.52. The van der Waals surface area contributed by atoms with Crippen molar-refractivity contribution in [1.29, 1.82) is 0 Å². The van der Waals surface area contributed by atoms with Gasteiger partial charge in [-0.25, -0.2) is 4.68 Å². The Morgan fingerprint density at radius 2 is 2.00 bits per heavy atom. The Bertz CT molecular complexity index is 654. The van der Waals surface area contributed by atoms with Crippen LogP contribution in [0.25, 0.3) is 0 Å². The van der Waals surface area contributed by atoms with Gasteiger partial charge < -0.3 is 9.64 Å². The van der Waals surface area contributed by atoms with E-state index in [1.807, 2.05) is 36.4 Å². The van der Waals surface area contributed by atoms with Crippen molar-refractivity contribution in [3.05, 3.63) is 12.3 Å². The van der Waals surface area contributed by atoms with E-state index in [-0.39, 0.29) is 22.8 Å². The number of amides is 2. The minimum absolute atomic E-state index is 0.112. The number of fused-ring (bicyclic) bond motifs is 2. The highest BCUT2D eigenvalue weighted by molar-refractivity contribution is 5.94. The Hall–Kier alpha value is -1.89. The molecule has 0 N–H and O–H groups in total. The van der Waals surface area contributed by atoms with Gasteiger partial charge in [-0.05, 0) is 12.8 Å². The lowest BCUT2D eigenvalue weighted by atomic mass is 9.81. The molecule has 7 nitrogen and oxygen atoms in total. The number of hydrogen-bond acceptors (Lipinski definition) is 4. The Morgan fingerprint density at radius 1 is 1.32 bits per heavy atom. The molecule has 1 spiro atoms. The lowest BCUT2D eigenvalue weighted by molar-refractivity contribution is -0.142. The van der Waals surface area contributed by atoms with E-state index in [4.69, 9.17) is 4.74 Å². The molecule has 0 bridgehead atoms. The summed E-state index contributed by atoms with van der Waals surface area (Å²) in [7, 11) is 1.63. The maximum atomic E-state index is 12.8. The summed E-state index contributed by atoms with van der Waals surface area (Å²) in [6, 6.07) is 1.89. The van der Waals surface area contributed by atoms with Crippen LogP contribution in [-0.2, 0) is 19.9 Å². The third-order valence-corrected chi connectivity index (χ3v) is 5.27. The molecule has 0 radical (unpaired) electrons. The van der Waals surface area contributed by atoms with Crippen LogP contribution < -0.4 is 4.90 Å². The fourth-order valence-corrected chi connectivity index (χ4v) is 3.86. The third kappa shape index (κ3) is 3.17. The zero-order chi connectivity index (χ0) is 18.2. The molecule has 3 rings (SSSR count). The van der Waals surface area contributed by atoms with Crippen molar-refractivity contribution in [1.82, 2.24) is 14.7 Å². The number of piperidine rings is 1. The van der Waals surface area contributed by atoms with Crippen molar-refractivity contribution >= 4 is 17.6 Å². The highest BCUT2D eigenvalue weighted by Gasteiger charge is 2.46. The fraction of sp³-hybridized carbons (Fsp3) is 0.722. The standard InChI is InChI=1S/C18H28N4O3/c1-17(2,3)16(24)20-9-6-18(7-10-20)13-15(23)21(11-12-25-4)14-5-8-19-22(14)18/h5,8H,6-7,9-13H2,1-4H3. The Labute approximate surface area is 148 Å². The van der Waals surface area contributed by atoms with E-state index < -0.39 is 0 Å². The molecule has 7 heteroatoms. The minimum Gasteiger partial charge on any atom is -0.383 e. The fourth-order valence-electron chi connectivity index (χ4n) is 3.86. The molecule has 2 amide bonds. The van der Waals surface area contributed by atoms with Crippen LogP contribution in [0, 0.1) is 5.41 Å². The summed E-state index contributed by atoms with van der Waals surface area (Å²) in [4.78, 5) is 29.0. The number of nitrogens with zero attached hydrogens (tertiary/aromatic N) is 4. The number of anilines is 1. The topological polar surface area (TPSA) is 67.7 Å². The van der Waals surface area contributed by atoms with E-state index >= 15 is 0 Å². The second-order valence-electron chi connectivity index (χ2n) is 8.08. The molecule has 0 atom stereocenters. The molecule has 0 aliphatic carbocycles. The lowest BCUT2D eigenvalue weighted by Gasteiger charge is -2.47. The van der Waals surface area contributed by atoms with E-state index in [0.717, 1.165) is 18.7 Å². The van der Waals surface area contributed by atoms with E-state index in [1.54, 1.807) is 18.2 Å². The van der Waals surface area contributed by atoms with E-state index in [9.17, 15) is 9.59 Å². The van der Waals surface area contributed by atoms with Crippen LogP contribution in [-0.4, -0.2) is 59.8 Å². The van der Waals surface area contributed by atoms with Crippen LogP contribution in [0.1, 0.15) is 40.0 Å². The van der Waals surface area contributed by atoms with Gasteiger partial charge in [0.1, 0.15) is 5.82 Å². The summed E-state index contributed by atoms with van der Waals surface area (Å²) in [6.45, 7) is 8.21. The first-order chi connectivity index (χ1) is 11.8. The Morgan fingerprint density at radius 3 is 2.60 bits per heavy atom.